The molecule has 0 aromatic heterocycles. The second kappa shape index (κ2) is 11.7. The first-order valence-electron chi connectivity index (χ1n) is 11.4. The fourth-order valence-corrected chi connectivity index (χ4v) is 4.33. The van der Waals surface area contributed by atoms with E-state index in [1.165, 1.54) is 12.0 Å². The van der Waals surface area contributed by atoms with Crippen LogP contribution in [0.25, 0.3) is 11.1 Å². The number of amides is 2. The molecule has 0 radical (unpaired) electrons. The Hall–Kier alpha value is -3.39. The van der Waals surface area contributed by atoms with Crippen LogP contribution in [0.15, 0.2) is 48.5 Å². The summed E-state index contributed by atoms with van der Waals surface area (Å²) in [6.07, 6.45) is -0.352. The lowest BCUT2D eigenvalue weighted by Gasteiger charge is -2.27. The van der Waals surface area contributed by atoms with Crippen molar-refractivity contribution in [1.29, 1.82) is 0 Å². The third-order valence-corrected chi connectivity index (χ3v) is 5.84. The van der Waals surface area contributed by atoms with Crippen molar-refractivity contribution in [2.24, 2.45) is 5.92 Å². The van der Waals surface area contributed by atoms with E-state index in [-0.39, 0.29) is 31.6 Å². The summed E-state index contributed by atoms with van der Waals surface area (Å²) in [6.45, 7) is 3.82. The van der Waals surface area contributed by atoms with Crippen molar-refractivity contribution in [1.82, 2.24) is 10.2 Å². The molecular formula is C26H32N2O6. The van der Waals surface area contributed by atoms with Gasteiger partial charge in [-0.25, -0.2) is 4.79 Å². The molecule has 2 N–H and O–H groups in total. The van der Waals surface area contributed by atoms with E-state index in [0.29, 0.717) is 6.42 Å². The number of rotatable bonds is 11. The van der Waals surface area contributed by atoms with Gasteiger partial charge in [0, 0.05) is 19.6 Å². The van der Waals surface area contributed by atoms with E-state index in [1.54, 1.807) is 0 Å². The van der Waals surface area contributed by atoms with Crippen LogP contribution < -0.4 is 5.32 Å². The molecule has 3 rings (SSSR count). The van der Waals surface area contributed by atoms with Crippen LogP contribution in [0.5, 0.6) is 0 Å². The predicted octanol–water partition coefficient (Wildman–Crippen LogP) is 3.50. The monoisotopic (exact) mass is 468 g/mol. The number of ether oxygens (including phenoxy) is 2. The molecule has 1 aliphatic carbocycles. The number of carbonyl (C=O) groups excluding carboxylic acids is 2. The summed E-state index contributed by atoms with van der Waals surface area (Å²) < 4.78 is 10.6. The molecule has 34 heavy (non-hydrogen) atoms. The van der Waals surface area contributed by atoms with Crippen LogP contribution in [-0.4, -0.2) is 67.4 Å². The molecule has 0 unspecified atom stereocenters. The largest absolute Gasteiger partial charge is 0.480 e. The summed E-state index contributed by atoms with van der Waals surface area (Å²) >= 11 is 0. The summed E-state index contributed by atoms with van der Waals surface area (Å²) in [5.41, 5.74) is 4.45. The van der Waals surface area contributed by atoms with E-state index in [9.17, 15) is 19.5 Å². The Kier molecular flexibility index (Phi) is 8.65. The van der Waals surface area contributed by atoms with Crippen molar-refractivity contribution in [2.45, 2.75) is 32.2 Å². The number of hydrogen-bond acceptors (Lipinski definition) is 5. The molecule has 0 bridgehead atoms. The standard InChI is InChI=1S/C26H32N2O6/c1-17(2)14-23(25(31)28(12-13-33-3)15-24(29)30)27-26(32)34-16-22-20-10-6-4-8-18(20)19-9-5-7-11-21(19)22/h4-11,17,22-23H,12-16H2,1-3H3,(H,27,32)(H,29,30)/t23-/m1/s1. The molecule has 182 valence electrons. The number of carboxylic acid groups (broad SMARTS) is 1. The Morgan fingerprint density at radius 3 is 2.15 bits per heavy atom. The number of aliphatic carboxylic acids is 1. The predicted molar refractivity (Wildman–Crippen MR) is 128 cm³/mol. The number of carboxylic acids is 1. The van der Waals surface area contributed by atoms with Gasteiger partial charge < -0.3 is 24.8 Å². The smallest absolute Gasteiger partial charge is 0.407 e. The van der Waals surface area contributed by atoms with E-state index >= 15 is 0 Å². The highest BCUT2D eigenvalue weighted by Gasteiger charge is 2.31. The Morgan fingerprint density at radius 1 is 1.03 bits per heavy atom. The number of carbonyl (C=O) groups is 3. The van der Waals surface area contributed by atoms with Crippen LogP contribution in [0.3, 0.4) is 0 Å². The highest BCUT2D eigenvalue weighted by Crippen LogP contribution is 2.44. The molecule has 1 atom stereocenters. The van der Waals surface area contributed by atoms with Crippen LogP contribution in [0.4, 0.5) is 4.79 Å². The second-order valence-corrected chi connectivity index (χ2v) is 8.80. The zero-order chi connectivity index (χ0) is 24.7. The topological polar surface area (TPSA) is 105 Å². The fourth-order valence-electron chi connectivity index (χ4n) is 4.33. The molecule has 0 saturated carbocycles. The summed E-state index contributed by atoms with van der Waals surface area (Å²) in [6, 6.07) is 15.2. The fraction of sp³-hybridized carbons (Fsp3) is 0.423. The maximum absolute atomic E-state index is 13.1. The lowest BCUT2D eigenvalue weighted by Crippen LogP contribution is -2.51. The quantitative estimate of drug-likeness (QED) is 0.523. The molecule has 0 saturated heterocycles. The van der Waals surface area contributed by atoms with Crippen LogP contribution in [0.1, 0.15) is 37.3 Å². The average Bonchev–Trinajstić information content (AvgIpc) is 3.13. The lowest BCUT2D eigenvalue weighted by molar-refractivity contribution is -0.145. The maximum Gasteiger partial charge on any atom is 0.407 e. The molecule has 8 heteroatoms. The van der Waals surface area contributed by atoms with Crippen molar-refractivity contribution in [3.05, 3.63) is 59.7 Å². The minimum absolute atomic E-state index is 0.0944. The minimum atomic E-state index is -1.13. The third kappa shape index (κ3) is 6.14. The molecule has 2 aromatic rings. The van der Waals surface area contributed by atoms with Crippen molar-refractivity contribution in [3.8, 4) is 11.1 Å². The zero-order valence-corrected chi connectivity index (χ0v) is 19.8. The Morgan fingerprint density at radius 2 is 1.62 bits per heavy atom. The van der Waals surface area contributed by atoms with Gasteiger partial charge in [-0.1, -0.05) is 62.4 Å². The van der Waals surface area contributed by atoms with E-state index in [1.807, 2.05) is 50.2 Å². The minimum Gasteiger partial charge on any atom is -0.480 e. The molecule has 2 amide bonds. The number of fused-ring (bicyclic) bond motifs is 3. The van der Waals surface area contributed by atoms with Gasteiger partial charge in [-0.3, -0.25) is 9.59 Å². The van der Waals surface area contributed by atoms with Gasteiger partial charge in [0.25, 0.3) is 0 Å². The molecule has 0 spiro atoms. The highest BCUT2D eigenvalue weighted by atomic mass is 16.5. The SMILES string of the molecule is COCCN(CC(=O)O)C(=O)[C@@H](CC(C)C)NC(=O)OCC1c2ccccc2-c2ccccc21. The summed E-state index contributed by atoms with van der Waals surface area (Å²) in [7, 11) is 1.48. The van der Waals surface area contributed by atoms with Gasteiger partial charge in [0.1, 0.15) is 19.2 Å². The van der Waals surface area contributed by atoms with Gasteiger partial charge in [0.15, 0.2) is 0 Å². The average molecular weight is 469 g/mol. The van der Waals surface area contributed by atoms with Gasteiger partial charge in [0.2, 0.25) is 5.91 Å². The first-order chi connectivity index (χ1) is 16.3. The van der Waals surface area contributed by atoms with Crippen molar-refractivity contribution < 1.29 is 29.0 Å². The molecule has 2 aromatic carbocycles. The molecular weight excluding hydrogens is 436 g/mol. The number of methoxy groups -OCH3 is 1. The Bertz CT molecular complexity index is 976. The van der Waals surface area contributed by atoms with E-state index in [0.717, 1.165) is 22.3 Å². The highest BCUT2D eigenvalue weighted by molar-refractivity contribution is 5.88. The van der Waals surface area contributed by atoms with Gasteiger partial charge in [-0.2, -0.15) is 0 Å². The second-order valence-electron chi connectivity index (χ2n) is 8.80. The summed E-state index contributed by atoms with van der Waals surface area (Å²) in [5, 5.41) is 11.9. The van der Waals surface area contributed by atoms with Crippen molar-refractivity contribution in [2.75, 3.05) is 33.4 Å². The first kappa shape index (κ1) is 25.2. The molecule has 0 fully saturated rings. The maximum atomic E-state index is 13.1. The van der Waals surface area contributed by atoms with Crippen LogP contribution in [-0.2, 0) is 19.1 Å². The van der Waals surface area contributed by atoms with Crippen LogP contribution in [0, 0.1) is 5.92 Å². The van der Waals surface area contributed by atoms with Crippen molar-refractivity contribution >= 4 is 18.0 Å². The van der Waals surface area contributed by atoms with Gasteiger partial charge in [-0.15, -0.1) is 0 Å². The lowest BCUT2D eigenvalue weighted by atomic mass is 9.98. The van der Waals surface area contributed by atoms with Crippen LogP contribution in [0.2, 0.25) is 0 Å². The molecule has 8 nitrogen and oxygen atoms in total. The Labute approximate surface area is 199 Å². The van der Waals surface area contributed by atoms with Gasteiger partial charge in [-0.05, 0) is 34.6 Å². The molecule has 1 aliphatic rings. The molecule has 0 heterocycles. The first-order valence-corrected chi connectivity index (χ1v) is 11.4. The number of hydrogen-bond donors (Lipinski definition) is 2. The summed E-state index contributed by atoms with van der Waals surface area (Å²) in [5.74, 6) is -1.60. The zero-order valence-electron chi connectivity index (χ0n) is 19.8. The third-order valence-electron chi connectivity index (χ3n) is 5.84. The number of alkyl carbamates (subject to hydrolysis) is 1. The Balaban J connectivity index is 1.69. The summed E-state index contributed by atoms with van der Waals surface area (Å²) in [4.78, 5) is 38.2. The van der Waals surface area contributed by atoms with E-state index in [4.69, 9.17) is 9.47 Å². The van der Waals surface area contributed by atoms with Gasteiger partial charge in [0.05, 0.1) is 6.61 Å². The number of benzene rings is 2. The van der Waals surface area contributed by atoms with E-state index < -0.39 is 30.6 Å². The van der Waals surface area contributed by atoms with Crippen molar-refractivity contribution in [3.63, 3.8) is 0 Å². The number of nitrogens with zero attached hydrogens (tertiary/aromatic N) is 1. The van der Waals surface area contributed by atoms with E-state index in [2.05, 4.69) is 17.4 Å². The normalized spacial score (nSPS) is 13.2. The molecule has 0 aliphatic heterocycles. The number of nitrogens with one attached hydrogen (secondary N) is 1. The van der Waals surface area contributed by atoms with Gasteiger partial charge >= 0.3 is 12.1 Å². The van der Waals surface area contributed by atoms with Crippen LogP contribution >= 0.6 is 0 Å².